The smallest absolute Gasteiger partial charge is 0.331 e. The van der Waals surface area contributed by atoms with Crippen molar-refractivity contribution >= 4 is 41.2 Å². The molecule has 5 nitrogen and oxygen atoms in total. The van der Waals surface area contributed by atoms with Gasteiger partial charge < -0.3 is 10.1 Å². The van der Waals surface area contributed by atoms with Crippen LogP contribution in [0.25, 0.3) is 6.08 Å². The van der Waals surface area contributed by atoms with Gasteiger partial charge in [0.15, 0.2) is 6.61 Å². The summed E-state index contributed by atoms with van der Waals surface area (Å²) in [5, 5.41) is 12.3. The molecule has 27 heavy (non-hydrogen) atoms. The van der Waals surface area contributed by atoms with Crippen LogP contribution in [0.4, 0.5) is 0 Å². The van der Waals surface area contributed by atoms with Crippen molar-refractivity contribution in [3.8, 4) is 6.07 Å². The zero-order chi connectivity index (χ0) is 19.8. The molecular weight excluding hydrogens is 387 g/mol. The summed E-state index contributed by atoms with van der Waals surface area (Å²) in [7, 11) is 0. The van der Waals surface area contributed by atoms with Gasteiger partial charge >= 0.3 is 5.97 Å². The minimum atomic E-state index is -0.642. The Morgan fingerprint density at radius 2 is 1.89 bits per heavy atom. The quantitative estimate of drug-likeness (QED) is 0.576. The van der Waals surface area contributed by atoms with E-state index in [0.29, 0.717) is 15.6 Å². The largest absolute Gasteiger partial charge is 0.452 e. The third-order valence-corrected chi connectivity index (χ3v) is 4.36. The number of carbonyl (C=O) groups is 2. The highest BCUT2D eigenvalue weighted by Gasteiger charge is 2.12. The van der Waals surface area contributed by atoms with Gasteiger partial charge in [-0.3, -0.25) is 4.79 Å². The Morgan fingerprint density at radius 1 is 1.19 bits per heavy atom. The number of nitriles is 1. The van der Waals surface area contributed by atoms with E-state index in [2.05, 4.69) is 5.32 Å². The number of ether oxygens (including phenoxy) is 1. The molecule has 138 valence electrons. The Balaban J connectivity index is 1.81. The van der Waals surface area contributed by atoms with Gasteiger partial charge in [0.2, 0.25) is 0 Å². The van der Waals surface area contributed by atoms with Gasteiger partial charge in [-0.15, -0.1) is 0 Å². The van der Waals surface area contributed by atoms with Crippen LogP contribution in [0.3, 0.4) is 0 Å². The van der Waals surface area contributed by atoms with E-state index in [1.165, 1.54) is 6.08 Å². The first-order chi connectivity index (χ1) is 12.9. The van der Waals surface area contributed by atoms with Crippen LogP contribution >= 0.6 is 23.2 Å². The Bertz CT molecular complexity index is 902. The molecule has 0 aliphatic heterocycles. The number of hydrogen-bond acceptors (Lipinski definition) is 4. The highest BCUT2D eigenvalue weighted by atomic mass is 35.5. The zero-order valence-corrected chi connectivity index (χ0v) is 15.9. The van der Waals surface area contributed by atoms with Crippen LogP contribution in [-0.4, -0.2) is 18.5 Å². The van der Waals surface area contributed by atoms with Gasteiger partial charge in [0.05, 0.1) is 27.7 Å². The van der Waals surface area contributed by atoms with E-state index in [0.717, 1.165) is 11.1 Å². The topological polar surface area (TPSA) is 79.2 Å². The second kappa shape index (κ2) is 9.77. The Kier molecular flexibility index (Phi) is 7.42. The van der Waals surface area contributed by atoms with Crippen LogP contribution < -0.4 is 5.32 Å². The molecule has 0 spiro atoms. The number of nitrogens with zero attached hydrogens (tertiary/aromatic N) is 1. The van der Waals surface area contributed by atoms with Crippen molar-refractivity contribution in [2.24, 2.45) is 0 Å². The van der Waals surface area contributed by atoms with Crippen molar-refractivity contribution in [3.63, 3.8) is 0 Å². The van der Waals surface area contributed by atoms with Gasteiger partial charge in [0, 0.05) is 6.08 Å². The highest BCUT2D eigenvalue weighted by molar-refractivity contribution is 6.42. The summed E-state index contributed by atoms with van der Waals surface area (Å²) in [6.07, 6.45) is 2.76. The van der Waals surface area contributed by atoms with Gasteiger partial charge in [-0.2, -0.15) is 5.26 Å². The monoisotopic (exact) mass is 402 g/mol. The van der Waals surface area contributed by atoms with E-state index < -0.39 is 18.5 Å². The second-order valence-electron chi connectivity index (χ2n) is 5.64. The molecular formula is C20H16Cl2N2O3. The summed E-state index contributed by atoms with van der Waals surface area (Å²) in [4.78, 5) is 23.6. The maximum atomic E-state index is 11.9. The molecule has 0 heterocycles. The van der Waals surface area contributed by atoms with Gasteiger partial charge in [-0.05, 0) is 48.4 Å². The van der Waals surface area contributed by atoms with Crippen molar-refractivity contribution in [2.45, 2.75) is 13.0 Å². The molecule has 0 saturated heterocycles. The second-order valence-corrected chi connectivity index (χ2v) is 6.45. The van der Waals surface area contributed by atoms with Crippen molar-refractivity contribution in [3.05, 3.63) is 75.3 Å². The highest BCUT2D eigenvalue weighted by Crippen LogP contribution is 2.25. The number of halogens is 2. The summed E-state index contributed by atoms with van der Waals surface area (Å²) >= 11 is 11.8. The molecule has 0 fully saturated rings. The molecule has 1 atom stereocenters. The van der Waals surface area contributed by atoms with Crippen LogP contribution in [-0.2, 0) is 14.3 Å². The molecule has 7 heteroatoms. The lowest BCUT2D eigenvalue weighted by molar-refractivity contribution is -0.144. The fraction of sp³-hybridized carbons (Fsp3) is 0.150. The number of hydrogen-bond donors (Lipinski definition) is 1. The molecule has 0 unspecified atom stereocenters. The van der Waals surface area contributed by atoms with Crippen molar-refractivity contribution in [2.75, 3.05) is 6.61 Å². The fourth-order valence-corrected chi connectivity index (χ4v) is 2.47. The minimum absolute atomic E-state index is 0.319. The van der Waals surface area contributed by atoms with E-state index in [9.17, 15) is 9.59 Å². The molecule has 2 aromatic carbocycles. The molecule has 1 N–H and O–H groups in total. The summed E-state index contributed by atoms with van der Waals surface area (Å²) in [6.45, 7) is 1.38. The summed E-state index contributed by atoms with van der Waals surface area (Å²) in [5.41, 5.74) is 2.05. The summed E-state index contributed by atoms with van der Waals surface area (Å²) in [5.74, 6) is -1.08. The SMILES string of the molecule is C[C@H](NC(=O)COC(=O)/C=C/c1ccc(C#N)cc1)c1ccc(Cl)c(Cl)c1. The minimum Gasteiger partial charge on any atom is -0.452 e. The van der Waals surface area contributed by atoms with Crippen LogP contribution in [0.5, 0.6) is 0 Å². The van der Waals surface area contributed by atoms with Gasteiger partial charge in [-0.1, -0.05) is 41.4 Å². The van der Waals surface area contributed by atoms with Crippen LogP contribution in [0.2, 0.25) is 10.0 Å². The maximum absolute atomic E-state index is 11.9. The number of amides is 1. The molecule has 2 aromatic rings. The molecule has 0 saturated carbocycles. The third-order valence-electron chi connectivity index (χ3n) is 3.62. The average Bonchev–Trinajstić information content (AvgIpc) is 2.67. The van der Waals surface area contributed by atoms with Gasteiger partial charge in [0.1, 0.15) is 0 Å². The van der Waals surface area contributed by atoms with Crippen molar-refractivity contribution < 1.29 is 14.3 Å². The summed E-state index contributed by atoms with van der Waals surface area (Å²) in [6, 6.07) is 13.5. The predicted molar refractivity (Wildman–Crippen MR) is 104 cm³/mol. The fourth-order valence-electron chi connectivity index (χ4n) is 2.17. The first-order valence-corrected chi connectivity index (χ1v) is 8.74. The van der Waals surface area contributed by atoms with Crippen molar-refractivity contribution in [1.29, 1.82) is 5.26 Å². The number of nitrogens with one attached hydrogen (secondary N) is 1. The predicted octanol–water partition coefficient (Wildman–Crippen LogP) is 4.30. The zero-order valence-electron chi connectivity index (χ0n) is 14.4. The first kappa shape index (κ1) is 20.5. The Morgan fingerprint density at radius 3 is 2.52 bits per heavy atom. The van der Waals surface area contributed by atoms with Gasteiger partial charge in [0.25, 0.3) is 5.91 Å². The number of rotatable bonds is 6. The molecule has 0 bridgehead atoms. The van der Waals surface area contributed by atoms with E-state index in [4.69, 9.17) is 33.2 Å². The van der Waals surface area contributed by atoms with E-state index >= 15 is 0 Å². The van der Waals surface area contributed by atoms with Crippen LogP contribution in [0, 0.1) is 11.3 Å². The van der Waals surface area contributed by atoms with Crippen LogP contribution in [0.15, 0.2) is 48.5 Å². The molecule has 0 aliphatic rings. The first-order valence-electron chi connectivity index (χ1n) is 7.98. The molecule has 0 aromatic heterocycles. The maximum Gasteiger partial charge on any atom is 0.331 e. The van der Waals surface area contributed by atoms with E-state index in [1.54, 1.807) is 55.5 Å². The molecule has 0 aliphatic carbocycles. The van der Waals surface area contributed by atoms with Crippen LogP contribution in [0.1, 0.15) is 29.7 Å². The molecule has 2 rings (SSSR count). The lowest BCUT2D eigenvalue weighted by atomic mass is 10.1. The normalized spacial score (nSPS) is 11.6. The summed E-state index contributed by atoms with van der Waals surface area (Å²) < 4.78 is 4.91. The average molecular weight is 403 g/mol. The third kappa shape index (κ3) is 6.45. The lowest BCUT2D eigenvalue weighted by Gasteiger charge is -2.14. The van der Waals surface area contributed by atoms with E-state index in [-0.39, 0.29) is 6.04 Å². The standard InChI is InChI=1S/C20H16Cl2N2O3/c1-13(16-7-8-17(21)18(22)10-16)24-19(25)12-27-20(26)9-6-14-2-4-15(11-23)5-3-14/h2-10,13H,12H2,1H3,(H,24,25)/b9-6+/t13-/m0/s1. The van der Waals surface area contributed by atoms with Crippen molar-refractivity contribution in [1.82, 2.24) is 5.32 Å². The number of benzene rings is 2. The molecule has 1 amide bonds. The van der Waals surface area contributed by atoms with Gasteiger partial charge in [-0.25, -0.2) is 4.79 Å². The van der Waals surface area contributed by atoms with E-state index in [1.807, 2.05) is 6.07 Å². The number of carbonyl (C=O) groups excluding carboxylic acids is 2. The molecule has 0 radical (unpaired) electrons. The Hall–Kier alpha value is -2.81. The lowest BCUT2D eigenvalue weighted by Crippen LogP contribution is -2.30. The number of esters is 1. The Labute approximate surface area is 167 Å².